The predicted octanol–water partition coefficient (Wildman–Crippen LogP) is 3.60. The van der Waals surface area contributed by atoms with Crippen molar-refractivity contribution in [1.82, 2.24) is 14.5 Å². The predicted molar refractivity (Wildman–Crippen MR) is 117 cm³/mol. The Balaban J connectivity index is 0.000000383. The van der Waals surface area contributed by atoms with Gasteiger partial charge >= 0.3 is 12.1 Å². The van der Waals surface area contributed by atoms with E-state index in [0.717, 1.165) is 38.9 Å². The first-order valence-corrected chi connectivity index (χ1v) is 9.31. The average molecular weight is 463 g/mol. The van der Waals surface area contributed by atoms with E-state index >= 15 is 0 Å². The quantitative estimate of drug-likeness (QED) is 0.419. The Labute approximate surface area is 185 Å². The van der Waals surface area contributed by atoms with Crippen LogP contribution in [0, 0.1) is 0 Å². The molecule has 0 radical (unpaired) electrons. The molecule has 0 aliphatic heterocycles. The van der Waals surface area contributed by atoms with Crippen molar-refractivity contribution >= 4 is 39.5 Å². The summed E-state index contributed by atoms with van der Waals surface area (Å²) in [5.74, 6) is -0.762. The molecule has 0 atom stereocenters. The van der Waals surface area contributed by atoms with Gasteiger partial charge in [0.15, 0.2) is 0 Å². The van der Waals surface area contributed by atoms with E-state index in [2.05, 4.69) is 9.97 Å². The van der Waals surface area contributed by atoms with Gasteiger partial charge in [-0.2, -0.15) is 18.2 Å². The van der Waals surface area contributed by atoms with Gasteiger partial charge in [-0.05, 0) is 30.3 Å². The van der Waals surface area contributed by atoms with Crippen molar-refractivity contribution < 1.29 is 32.5 Å². The monoisotopic (exact) mass is 463 g/mol. The van der Waals surface area contributed by atoms with E-state index in [4.69, 9.17) is 30.8 Å². The normalized spacial score (nSPS) is 11.2. The number of methoxy groups -OCH3 is 2. The van der Waals surface area contributed by atoms with E-state index in [1.54, 1.807) is 14.2 Å². The van der Waals surface area contributed by atoms with Gasteiger partial charge in [-0.15, -0.1) is 0 Å². The van der Waals surface area contributed by atoms with Gasteiger partial charge in [-0.1, -0.05) is 0 Å². The van der Waals surface area contributed by atoms with Gasteiger partial charge in [0.1, 0.15) is 17.3 Å². The van der Waals surface area contributed by atoms with Crippen molar-refractivity contribution in [3.8, 4) is 22.6 Å². The molecule has 0 saturated carbocycles. The number of carboxylic acid groups (broad SMARTS) is 1. The summed E-state index contributed by atoms with van der Waals surface area (Å²) in [4.78, 5) is 17.4. The molecule has 0 amide bonds. The molecule has 0 spiro atoms. The number of halogens is 3. The van der Waals surface area contributed by atoms with E-state index < -0.39 is 12.1 Å². The standard InChI is InChI=1S/C19H19N5O2.C2HF3O2/c1-24-7-6-11-16-14(22-19(21)23-18(16)20)9-13(17(11)24)12-8-10(25-2)4-5-15(12)26-3;3-2(4,5)1(6)7/h4-9H,1-3H3,(H4,20,21,22,23);(H,6,7). The zero-order chi connectivity index (χ0) is 24.5. The zero-order valence-electron chi connectivity index (χ0n) is 17.8. The number of nitrogen functional groups attached to an aromatic ring is 2. The Hall–Kier alpha value is -4.22. The second-order valence-corrected chi connectivity index (χ2v) is 6.84. The second kappa shape index (κ2) is 8.73. The third-order valence-electron chi connectivity index (χ3n) is 4.80. The van der Waals surface area contributed by atoms with Crippen LogP contribution in [0.2, 0.25) is 0 Å². The smallest absolute Gasteiger partial charge is 0.490 e. The molecule has 0 bridgehead atoms. The summed E-state index contributed by atoms with van der Waals surface area (Å²) < 4.78 is 44.8. The molecule has 2 heterocycles. The molecular formula is C21H20F3N5O4. The summed E-state index contributed by atoms with van der Waals surface area (Å²) in [6, 6.07) is 9.66. The van der Waals surface area contributed by atoms with Crippen molar-refractivity contribution in [1.29, 1.82) is 0 Å². The van der Waals surface area contributed by atoms with E-state index in [1.807, 2.05) is 48.1 Å². The fourth-order valence-electron chi connectivity index (χ4n) is 3.40. The number of carbonyl (C=O) groups is 1. The SMILES string of the molecule is COc1ccc(OC)c(-c2cc3nc(N)nc(N)c3c3ccn(C)c23)c1.O=C(O)C(F)(F)F. The number of aromatic nitrogens is 3. The van der Waals surface area contributed by atoms with Crippen LogP contribution in [0.15, 0.2) is 36.5 Å². The number of nitrogens with two attached hydrogens (primary N) is 2. The summed E-state index contributed by atoms with van der Waals surface area (Å²) in [6.45, 7) is 0. The van der Waals surface area contributed by atoms with Gasteiger partial charge in [-0.25, -0.2) is 9.78 Å². The minimum Gasteiger partial charge on any atom is -0.497 e. The maximum atomic E-state index is 10.6. The molecule has 12 heteroatoms. The van der Waals surface area contributed by atoms with E-state index in [-0.39, 0.29) is 5.95 Å². The third kappa shape index (κ3) is 4.54. The van der Waals surface area contributed by atoms with Crippen LogP contribution in [0.5, 0.6) is 11.5 Å². The Morgan fingerprint density at radius 1 is 1.06 bits per heavy atom. The summed E-state index contributed by atoms with van der Waals surface area (Å²) in [6.07, 6.45) is -3.10. The molecular weight excluding hydrogens is 443 g/mol. The topological polar surface area (TPSA) is 139 Å². The van der Waals surface area contributed by atoms with Crippen LogP contribution >= 0.6 is 0 Å². The molecule has 0 saturated heterocycles. The molecule has 5 N–H and O–H groups in total. The molecule has 2 aromatic heterocycles. The second-order valence-electron chi connectivity index (χ2n) is 6.84. The lowest BCUT2D eigenvalue weighted by molar-refractivity contribution is -0.192. The maximum absolute atomic E-state index is 10.6. The number of hydrogen-bond donors (Lipinski definition) is 3. The molecule has 0 aliphatic rings. The van der Waals surface area contributed by atoms with Gasteiger partial charge in [0.05, 0.1) is 30.6 Å². The first kappa shape index (κ1) is 23.4. The number of fused-ring (bicyclic) bond motifs is 3. The number of nitrogens with zero attached hydrogens (tertiary/aromatic N) is 3. The largest absolute Gasteiger partial charge is 0.497 e. The average Bonchev–Trinajstić information content (AvgIpc) is 3.13. The van der Waals surface area contributed by atoms with Crippen LogP contribution in [-0.4, -0.2) is 46.0 Å². The number of anilines is 2. The zero-order valence-corrected chi connectivity index (χ0v) is 17.8. The van der Waals surface area contributed by atoms with Crippen LogP contribution in [0.4, 0.5) is 24.9 Å². The Bertz CT molecular complexity index is 1350. The van der Waals surface area contributed by atoms with Gasteiger partial charge in [0, 0.05) is 29.8 Å². The van der Waals surface area contributed by atoms with Crippen molar-refractivity contribution in [3.05, 3.63) is 36.5 Å². The molecule has 0 aliphatic carbocycles. The van der Waals surface area contributed by atoms with Gasteiger partial charge in [0.25, 0.3) is 0 Å². The highest BCUT2D eigenvalue weighted by Crippen LogP contribution is 2.41. The van der Waals surface area contributed by atoms with Crippen LogP contribution in [0.25, 0.3) is 32.9 Å². The van der Waals surface area contributed by atoms with Gasteiger partial charge < -0.3 is 30.6 Å². The lowest BCUT2D eigenvalue weighted by atomic mass is 9.98. The third-order valence-corrected chi connectivity index (χ3v) is 4.80. The first-order valence-electron chi connectivity index (χ1n) is 9.31. The Morgan fingerprint density at radius 2 is 1.73 bits per heavy atom. The number of alkyl halides is 3. The van der Waals surface area contributed by atoms with Crippen LogP contribution in [0.1, 0.15) is 0 Å². The minimum atomic E-state index is -5.08. The van der Waals surface area contributed by atoms with Gasteiger partial charge in [-0.3, -0.25) is 0 Å². The molecule has 0 fully saturated rings. The van der Waals surface area contributed by atoms with Crippen LogP contribution in [0.3, 0.4) is 0 Å². The molecule has 33 heavy (non-hydrogen) atoms. The van der Waals surface area contributed by atoms with Crippen LogP contribution < -0.4 is 20.9 Å². The lowest BCUT2D eigenvalue weighted by Gasteiger charge is -2.14. The summed E-state index contributed by atoms with van der Waals surface area (Å²) in [5.41, 5.74) is 15.5. The Kier molecular flexibility index (Phi) is 6.20. The molecule has 4 rings (SSSR count). The fourth-order valence-corrected chi connectivity index (χ4v) is 3.40. The molecule has 9 nitrogen and oxygen atoms in total. The van der Waals surface area contributed by atoms with Crippen LogP contribution in [-0.2, 0) is 11.8 Å². The number of rotatable bonds is 3. The highest BCUT2D eigenvalue weighted by atomic mass is 19.4. The van der Waals surface area contributed by atoms with Crippen molar-refractivity contribution in [3.63, 3.8) is 0 Å². The number of hydrogen-bond acceptors (Lipinski definition) is 7. The summed E-state index contributed by atoms with van der Waals surface area (Å²) in [5, 5.41) is 8.88. The summed E-state index contributed by atoms with van der Waals surface area (Å²) in [7, 11) is 5.27. The van der Waals surface area contributed by atoms with Crippen molar-refractivity contribution in [2.75, 3.05) is 25.7 Å². The number of aryl methyl sites for hydroxylation is 1. The highest BCUT2D eigenvalue weighted by molar-refractivity contribution is 6.16. The van der Waals surface area contributed by atoms with E-state index in [9.17, 15) is 13.2 Å². The molecule has 0 unspecified atom stereocenters. The first-order chi connectivity index (χ1) is 15.5. The maximum Gasteiger partial charge on any atom is 0.490 e. The number of benzene rings is 2. The number of aliphatic carboxylic acids is 1. The summed E-state index contributed by atoms with van der Waals surface area (Å²) >= 11 is 0. The number of ether oxygens (including phenoxy) is 2. The Morgan fingerprint density at radius 3 is 2.30 bits per heavy atom. The van der Waals surface area contributed by atoms with Gasteiger partial charge in [0.2, 0.25) is 5.95 Å². The van der Waals surface area contributed by atoms with Crippen molar-refractivity contribution in [2.24, 2.45) is 7.05 Å². The van der Waals surface area contributed by atoms with Crippen molar-refractivity contribution in [2.45, 2.75) is 6.18 Å². The molecule has 174 valence electrons. The number of carboxylic acids is 1. The highest BCUT2D eigenvalue weighted by Gasteiger charge is 2.38. The van der Waals surface area contributed by atoms with E-state index in [0.29, 0.717) is 11.3 Å². The lowest BCUT2D eigenvalue weighted by Crippen LogP contribution is -2.21. The molecule has 4 aromatic rings. The van der Waals surface area contributed by atoms with E-state index in [1.165, 1.54) is 0 Å². The fraction of sp³-hybridized carbons (Fsp3) is 0.190. The minimum absolute atomic E-state index is 0.147. The molecule has 2 aromatic carbocycles.